The first kappa shape index (κ1) is 21.0. The Bertz CT molecular complexity index is 888. The number of alkyl halides is 3. The number of nitrogens with one attached hydrogen (secondary N) is 1. The van der Waals surface area contributed by atoms with Crippen LogP contribution >= 0.6 is 0 Å². The lowest BCUT2D eigenvalue weighted by Crippen LogP contribution is -2.30. The van der Waals surface area contributed by atoms with Crippen molar-refractivity contribution in [2.75, 3.05) is 5.32 Å². The smallest absolute Gasteiger partial charge is 0.448 e. The second-order valence-electron chi connectivity index (χ2n) is 5.89. The van der Waals surface area contributed by atoms with Gasteiger partial charge in [-0.05, 0) is 44.2 Å². The summed E-state index contributed by atoms with van der Waals surface area (Å²) >= 11 is 0. The first-order valence-electron chi connectivity index (χ1n) is 8.01. The average molecular weight is 398 g/mol. The van der Waals surface area contributed by atoms with Gasteiger partial charge in [0.15, 0.2) is 11.9 Å². The Balaban J connectivity index is 1.97. The molecule has 0 aliphatic carbocycles. The Morgan fingerprint density at radius 3 is 2.25 bits per heavy atom. The molecule has 0 aliphatic rings. The molecule has 1 heterocycles. The number of nitrogens with zero attached hydrogens (tertiary/aromatic N) is 1. The highest BCUT2D eigenvalue weighted by Crippen LogP contribution is 2.24. The highest BCUT2D eigenvalue weighted by atomic mass is 19.4. The fourth-order valence-corrected chi connectivity index (χ4v) is 2.22. The number of halogens is 3. The molecular formula is C18H17F3N2O5. The normalized spacial score (nSPS) is 12.2. The van der Waals surface area contributed by atoms with Gasteiger partial charge in [0, 0.05) is 24.5 Å². The van der Waals surface area contributed by atoms with Crippen LogP contribution in [0.4, 0.5) is 18.9 Å². The number of aromatic nitrogens is 1. The van der Waals surface area contributed by atoms with Gasteiger partial charge in [0.05, 0.1) is 0 Å². The van der Waals surface area contributed by atoms with Crippen LogP contribution in [-0.4, -0.2) is 34.7 Å². The molecule has 2 aromatic rings. The third-order valence-corrected chi connectivity index (χ3v) is 3.63. The second kappa shape index (κ2) is 8.15. The van der Waals surface area contributed by atoms with Crippen LogP contribution in [0, 0.1) is 0 Å². The van der Waals surface area contributed by atoms with Crippen LogP contribution in [0.3, 0.4) is 0 Å². The number of amides is 1. The number of benzene rings is 1. The second-order valence-corrected chi connectivity index (χ2v) is 5.89. The van der Waals surface area contributed by atoms with Crippen molar-refractivity contribution in [3.05, 3.63) is 47.8 Å². The summed E-state index contributed by atoms with van der Waals surface area (Å²) in [6.45, 7) is 2.69. The first-order chi connectivity index (χ1) is 13.0. The molecular weight excluding hydrogens is 381 g/mol. The molecule has 0 saturated heterocycles. The summed E-state index contributed by atoms with van der Waals surface area (Å²) in [7, 11) is 1.55. The number of carbonyl (C=O) groups is 3. The fraction of sp³-hybridized carbons (Fsp3) is 0.278. The molecule has 0 aliphatic heterocycles. The zero-order valence-electron chi connectivity index (χ0n) is 15.2. The molecule has 0 unspecified atom stereocenters. The first-order valence-corrected chi connectivity index (χ1v) is 8.01. The summed E-state index contributed by atoms with van der Waals surface area (Å²) in [6, 6.07) is 5.85. The predicted molar refractivity (Wildman–Crippen MR) is 92.0 cm³/mol. The van der Waals surface area contributed by atoms with E-state index < -0.39 is 30.1 Å². The minimum absolute atomic E-state index is 0.0958. The van der Waals surface area contributed by atoms with E-state index >= 15 is 0 Å². The van der Waals surface area contributed by atoms with Gasteiger partial charge in [-0.2, -0.15) is 0 Å². The molecule has 150 valence electrons. The summed E-state index contributed by atoms with van der Waals surface area (Å²) < 4.78 is 46.6. The van der Waals surface area contributed by atoms with E-state index in [0.29, 0.717) is 5.56 Å². The van der Waals surface area contributed by atoms with Crippen molar-refractivity contribution in [1.29, 1.82) is 0 Å². The molecule has 1 atom stereocenters. The number of aryl methyl sites for hydroxylation is 1. The van der Waals surface area contributed by atoms with Gasteiger partial charge in [0.1, 0.15) is 11.4 Å². The van der Waals surface area contributed by atoms with E-state index in [9.17, 15) is 27.6 Å². The van der Waals surface area contributed by atoms with Crippen molar-refractivity contribution < 1.29 is 37.0 Å². The van der Waals surface area contributed by atoms with Gasteiger partial charge in [-0.3, -0.25) is 9.59 Å². The molecule has 1 amide bonds. The molecule has 0 saturated carbocycles. The highest BCUT2D eigenvalue weighted by Gasteiger charge is 2.31. The Kier molecular flexibility index (Phi) is 6.12. The van der Waals surface area contributed by atoms with Gasteiger partial charge in [0.25, 0.3) is 5.91 Å². The number of anilines is 1. The van der Waals surface area contributed by atoms with Gasteiger partial charge in [-0.15, -0.1) is 13.2 Å². The Labute approximate surface area is 158 Å². The van der Waals surface area contributed by atoms with E-state index in [-0.39, 0.29) is 17.2 Å². The lowest BCUT2D eigenvalue weighted by Gasteiger charge is -2.14. The van der Waals surface area contributed by atoms with E-state index in [0.717, 1.165) is 12.1 Å². The average Bonchev–Trinajstić information content (AvgIpc) is 2.97. The van der Waals surface area contributed by atoms with Crippen molar-refractivity contribution in [3.63, 3.8) is 0 Å². The summed E-state index contributed by atoms with van der Waals surface area (Å²) in [5.41, 5.74) is 0.617. The minimum atomic E-state index is -4.81. The van der Waals surface area contributed by atoms with E-state index in [4.69, 9.17) is 4.74 Å². The zero-order chi connectivity index (χ0) is 21.1. The van der Waals surface area contributed by atoms with E-state index in [1.54, 1.807) is 7.05 Å². The summed E-state index contributed by atoms with van der Waals surface area (Å²) in [5, 5.41) is 2.41. The van der Waals surface area contributed by atoms with Gasteiger partial charge < -0.3 is 19.4 Å². The van der Waals surface area contributed by atoms with Crippen LogP contribution in [0.25, 0.3) is 0 Å². The summed E-state index contributed by atoms with van der Waals surface area (Å²) in [5.74, 6) is -2.14. The number of hydrogen-bond acceptors (Lipinski definition) is 5. The predicted octanol–water partition coefficient (Wildman–Crippen LogP) is 3.31. The minimum Gasteiger partial charge on any atom is -0.448 e. The zero-order valence-corrected chi connectivity index (χ0v) is 15.2. The van der Waals surface area contributed by atoms with Crippen LogP contribution in [0.1, 0.15) is 34.7 Å². The van der Waals surface area contributed by atoms with Crippen LogP contribution in [0.5, 0.6) is 5.75 Å². The Hall–Kier alpha value is -3.30. The van der Waals surface area contributed by atoms with Gasteiger partial charge in [-0.1, -0.05) is 0 Å². The van der Waals surface area contributed by atoms with Gasteiger partial charge in [0.2, 0.25) is 0 Å². The molecule has 1 aromatic carbocycles. The van der Waals surface area contributed by atoms with Crippen molar-refractivity contribution in [2.45, 2.75) is 26.3 Å². The highest BCUT2D eigenvalue weighted by molar-refractivity contribution is 5.99. The monoisotopic (exact) mass is 398 g/mol. The Morgan fingerprint density at radius 2 is 1.75 bits per heavy atom. The largest absolute Gasteiger partial charge is 0.573 e. The quantitative estimate of drug-likeness (QED) is 0.596. The third kappa shape index (κ3) is 5.60. The van der Waals surface area contributed by atoms with Gasteiger partial charge in [-0.25, -0.2) is 4.79 Å². The van der Waals surface area contributed by atoms with Crippen molar-refractivity contribution in [2.24, 2.45) is 7.05 Å². The van der Waals surface area contributed by atoms with E-state index in [2.05, 4.69) is 10.1 Å². The SMILES string of the molecule is CC(=O)c1cc(C(=O)O[C@H](C)C(=O)Nc2ccc(OC(F)(F)F)cc2)n(C)c1. The summed E-state index contributed by atoms with van der Waals surface area (Å²) in [6.07, 6.45) is -4.53. The summed E-state index contributed by atoms with van der Waals surface area (Å²) in [4.78, 5) is 35.7. The van der Waals surface area contributed by atoms with Gasteiger partial charge >= 0.3 is 12.3 Å². The Morgan fingerprint density at radius 1 is 1.14 bits per heavy atom. The van der Waals surface area contributed by atoms with E-state index in [1.165, 1.54) is 42.8 Å². The lowest BCUT2D eigenvalue weighted by molar-refractivity contribution is -0.274. The standard InChI is InChI=1S/C18H17F3N2O5/c1-10(24)12-8-15(23(3)9-12)17(26)27-11(2)16(25)22-13-4-6-14(7-5-13)28-18(19,20)21/h4-9,11H,1-3H3,(H,22,25)/t11-/m1/s1. The number of ether oxygens (including phenoxy) is 2. The molecule has 0 bridgehead atoms. The lowest BCUT2D eigenvalue weighted by atomic mass is 10.2. The molecule has 0 spiro atoms. The van der Waals surface area contributed by atoms with Crippen molar-refractivity contribution in [3.8, 4) is 5.75 Å². The van der Waals surface area contributed by atoms with E-state index in [1.807, 2.05) is 0 Å². The molecule has 1 N–H and O–H groups in total. The van der Waals surface area contributed by atoms with Crippen LogP contribution < -0.4 is 10.1 Å². The maximum atomic E-state index is 12.2. The number of Topliss-reactive ketones (excluding diaryl/α,β-unsaturated/α-hetero) is 1. The maximum absolute atomic E-state index is 12.2. The van der Waals surface area contributed by atoms with Crippen molar-refractivity contribution >= 4 is 23.3 Å². The number of hydrogen-bond donors (Lipinski definition) is 1. The third-order valence-electron chi connectivity index (χ3n) is 3.63. The molecule has 0 fully saturated rings. The van der Waals surface area contributed by atoms with Crippen LogP contribution in [0.2, 0.25) is 0 Å². The van der Waals surface area contributed by atoms with Crippen LogP contribution in [-0.2, 0) is 16.6 Å². The number of ketones is 1. The topological polar surface area (TPSA) is 86.6 Å². The van der Waals surface area contributed by atoms with Crippen LogP contribution in [0.15, 0.2) is 36.5 Å². The van der Waals surface area contributed by atoms with Crippen molar-refractivity contribution in [1.82, 2.24) is 4.57 Å². The number of rotatable bonds is 6. The molecule has 7 nitrogen and oxygen atoms in total. The number of carbonyl (C=O) groups excluding carboxylic acids is 3. The molecule has 10 heteroatoms. The maximum Gasteiger partial charge on any atom is 0.573 e. The molecule has 1 aromatic heterocycles. The molecule has 2 rings (SSSR count). The molecule has 28 heavy (non-hydrogen) atoms. The number of esters is 1. The fourth-order valence-electron chi connectivity index (χ4n) is 2.22. The molecule has 0 radical (unpaired) electrons.